The number of Topliss-reactive ketones (excluding diaryl/α,β-unsaturated/α-hetero) is 1. The van der Waals surface area contributed by atoms with Crippen molar-refractivity contribution in [3.63, 3.8) is 0 Å². The highest BCUT2D eigenvalue weighted by Crippen LogP contribution is 2.31. The van der Waals surface area contributed by atoms with Crippen molar-refractivity contribution in [3.05, 3.63) is 40.5 Å². The van der Waals surface area contributed by atoms with Gasteiger partial charge in [0.05, 0.1) is 10.2 Å². The number of nitrogens with one attached hydrogen (secondary N) is 1. The SMILES string of the molecule is C=C(C)C(=O)c1cc2cc(OCC(F)F)c(Br)cc2[nH]1. The van der Waals surface area contributed by atoms with Crippen molar-refractivity contribution < 1.29 is 18.3 Å². The van der Waals surface area contributed by atoms with E-state index in [0.29, 0.717) is 32.4 Å². The lowest BCUT2D eigenvalue weighted by Gasteiger charge is -2.07. The van der Waals surface area contributed by atoms with Gasteiger partial charge in [-0.05, 0) is 46.6 Å². The van der Waals surface area contributed by atoms with Crippen molar-refractivity contribution in [1.82, 2.24) is 4.98 Å². The fraction of sp³-hybridized carbons (Fsp3) is 0.214. The molecule has 2 aromatic rings. The molecule has 1 heterocycles. The van der Waals surface area contributed by atoms with Crippen LogP contribution in [0.15, 0.2) is 34.8 Å². The van der Waals surface area contributed by atoms with Crippen LogP contribution >= 0.6 is 15.9 Å². The highest BCUT2D eigenvalue weighted by molar-refractivity contribution is 9.10. The third kappa shape index (κ3) is 3.07. The Kier molecular flexibility index (Phi) is 4.23. The van der Waals surface area contributed by atoms with Crippen LogP contribution < -0.4 is 4.74 Å². The van der Waals surface area contributed by atoms with E-state index in [4.69, 9.17) is 4.74 Å². The molecule has 1 N–H and O–H groups in total. The quantitative estimate of drug-likeness (QED) is 0.648. The van der Waals surface area contributed by atoms with Crippen LogP contribution in [0.2, 0.25) is 0 Å². The third-order valence-electron chi connectivity index (χ3n) is 2.67. The first-order chi connectivity index (χ1) is 9.38. The third-order valence-corrected chi connectivity index (χ3v) is 3.29. The highest BCUT2D eigenvalue weighted by Gasteiger charge is 2.13. The Bertz CT molecular complexity index is 679. The molecule has 106 valence electrons. The van der Waals surface area contributed by atoms with E-state index >= 15 is 0 Å². The van der Waals surface area contributed by atoms with Crippen molar-refractivity contribution in [2.75, 3.05) is 6.61 Å². The molecule has 6 heteroatoms. The predicted molar refractivity (Wildman–Crippen MR) is 76.6 cm³/mol. The van der Waals surface area contributed by atoms with Crippen LogP contribution in [0.1, 0.15) is 17.4 Å². The monoisotopic (exact) mass is 343 g/mol. The van der Waals surface area contributed by atoms with Crippen LogP contribution in [-0.4, -0.2) is 23.8 Å². The molecule has 0 bridgehead atoms. The van der Waals surface area contributed by atoms with E-state index in [1.165, 1.54) is 0 Å². The number of carbonyl (C=O) groups is 1. The molecule has 20 heavy (non-hydrogen) atoms. The summed E-state index contributed by atoms with van der Waals surface area (Å²) >= 11 is 3.25. The smallest absolute Gasteiger partial charge is 0.272 e. The van der Waals surface area contributed by atoms with Crippen molar-refractivity contribution in [2.24, 2.45) is 0 Å². The van der Waals surface area contributed by atoms with Crippen LogP contribution in [-0.2, 0) is 0 Å². The summed E-state index contributed by atoms with van der Waals surface area (Å²) in [6, 6.07) is 4.94. The number of ether oxygens (including phenoxy) is 1. The van der Waals surface area contributed by atoms with Crippen molar-refractivity contribution >= 4 is 32.6 Å². The molecule has 3 nitrogen and oxygen atoms in total. The fourth-order valence-corrected chi connectivity index (χ4v) is 2.21. The van der Waals surface area contributed by atoms with Crippen LogP contribution in [0.3, 0.4) is 0 Å². The van der Waals surface area contributed by atoms with Gasteiger partial charge in [-0.25, -0.2) is 8.78 Å². The number of halogens is 3. The zero-order chi connectivity index (χ0) is 14.9. The van der Waals surface area contributed by atoms with Gasteiger partial charge in [0.1, 0.15) is 12.4 Å². The number of aromatic nitrogens is 1. The van der Waals surface area contributed by atoms with Crippen LogP contribution in [0.5, 0.6) is 5.75 Å². The maximum Gasteiger partial charge on any atom is 0.272 e. The second-order valence-electron chi connectivity index (χ2n) is 4.36. The predicted octanol–water partition coefficient (Wildman–Crippen LogP) is 4.33. The fourth-order valence-electron chi connectivity index (χ4n) is 1.75. The van der Waals surface area contributed by atoms with Gasteiger partial charge in [0.25, 0.3) is 6.43 Å². The Morgan fingerprint density at radius 1 is 1.45 bits per heavy atom. The Labute approximate surface area is 122 Å². The van der Waals surface area contributed by atoms with E-state index in [2.05, 4.69) is 27.5 Å². The molecule has 0 atom stereocenters. The summed E-state index contributed by atoms with van der Waals surface area (Å²) in [6.45, 7) is 4.55. The number of allylic oxidation sites excluding steroid dienone is 1. The number of aromatic amines is 1. The molecule has 1 aromatic carbocycles. The number of carbonyl (C=O) groups excluding carboxylic acids is 1. The van der Waals surface area contributed by atoms with Gasteiger partial charge in [0.15, 0.2) is 0 Å². The number of hydrogen-bond acceptors (Lipinski definition) is 2. The van der Waals surface area contributed by atoms with Gasteiger partial charge in [0, 0.05) is 10.9 Å². The zero-order valence-electron chi connectivity index (χ0n) is 10.7. The molecule has 0 aliphatic rings. The van der Waals surface area contributed by atoms with Gasteiger partial charge in [-0.1, -0.05) is 6.58 Å². The molecule has 0 spiro atoms. The lowest BCUT2D eigenvalue weighted by molar-refractivity contribution is 0.0816. The summed E-state index contributed by atoms with van der Waals surface area (Å²) in [5.74, 6) is 0.124. The van der Waals surface area contributed by atoms with E-state index in [0.717, 1.165) is 0 Å². The number of ketones is 1. The molecule has 0 fully saturated rings. The number of H-pyrrole nitrogens is 1. The Morgan fingerprint density at radius 2 is 2.15 bits per heavy atom. The molecule has 1 aromatic heterocycles. The van der Waals surface area contributed by atoms with Crippen LogP contribution in [0.25, 0.3) is 10.9 Å². The first-order valence-corrected chi connectivity index (χ1v) is 6.61. The Balaban J connectivity index is 2.38. The first-order valence-electron chi connectivity index (χ1n) is 5.82. The average Bonchev–Trinajstić information content (AvgIpc) is 2.77. The second-order valence-corrected chi connectivity index (χ2v) is 5.22. The molecule has 0 saturated carbocycles. The number of hydrogen-bond donors (Lipinski definition) is 1. The number of benzene rings is 1. The summed E-state index contributed by atoms with van der Waals surface area (Å²) in [5, 5.41) is 0.710. The zero-order valence-corrected chi connectivity index (χ0v) is 12.3. The van der Waals surface area contributed by atoms with Gasteiger partial charge >= 0.3 is 0 Å². The maximum atomic E-state index is 12.2. The van der Waals surface area contributed by atoms with E-state index in [1.54, 1.807) is 25.1 Å². The van der Waals surface area contributed by atoms with E-state index in [1.807, 2.05) is 0 Å². The second kappa shape index (κ2) is 5.75. The average molecular weight is 344 g/mol. The topological polar surface area (TPSA) is 42.1 Å². The minimum absolute atomic E-state index is 0.188. The maximum absolute atomic E-state index is 12.2. The number of rotatable bonds is 5. The van der Waals surface area contributed by atoms with Gasteiger partial charge in [0.2, 0.25) is 5.78 Å². The molecule has 0 radical (unpaired) electrons. The minimum atomic E-state index is -2.54. The van der Waals surface area contributed by atoms with Crippen molar-refractivity contribution in [3.8, 4) is 5.75 Å². The Morgan fingerprint density at radius 3 is 2.75 bits per heavy atom. The van der Waals surface area contributed by atoms with Crippen molar-refractivity contribution in [2.45, 2.75) is 13.3 Å². The standard InChI is InChI=1S/C14H12BrF2NO2/c1-7(2)14(19)11-3-8-4-12(20-6-13(16)17)9(15)5-10(8)18-11/h3-5,13,18H,1,6H2,2H3. The lowest BCUT2D eigenvalue weighted by atomic mass is 10.1. The Hall–Kier alpha value is -1.69. The van der Waals surface area contributed by atoms with Crippen molar-refractivity contribution in [1.29, 1.82) is 0 Å². The highest BCUT2D eigenvalue weighted by atomic mass is 79.9. The van der Waals surface area contributed by atoms with Crippen LogP contribution in [0.4, 0.5) is 8.78 Å². The van der Waals surface area contributed by atoms with Gasteiger partial charge in [-0.3, -0.25) is 4.79 Å². The summed E-state index contributed by atoms with van der Waals surface area (Å²) in [6.07, 6.45) is -2.54. The molecular weight excluding hydrogens is 332 g/mol. The number of alkyl halides is 2. The van der Waals surface area contributed by atoms with Gasteiger partial charge in [-0.2, -0.15) is 0 Å². The first kappa shape index (κ1) is 14.7. The molecule has 0 aliphatic carbocycles. The van der Waals surface area contributed by atoms with Crippen LogP contribution in [0, 0.1) is 0 Å². The molecule has 0 saturated heterocycles. The largest absolute Gasteiger partial charge is 0.486 e. The molecule has 0 unspecified atom stereocenters. The molecule has 2 rings (SSSR count). The summed E-state index contributed by atoms with van der Waals surface area (Å²) in [5.41, 5.74) is 1.54. The molecule has 0 amide bonds. The molecule has 0 aliphatic heterocycles. The summed E-state index contributed by atoms with van der Waals surface area (Å²) < 4.78 is 29.9. The number of fused-ring (bicyclic) bond motifs is 1. The summed E-state index contributed by atoms with van der Waals surface area (Å²) in [7, 11) is 0. The van der Waals surface area contributed by atoms with E-state index < -0.39 is 13.0 Å². The van der Waals surface area contributed by atoms with Gasteiger partial charge < -0.3 is 9.72 Å². The minimum Gasteiger partial charge on any atom is -0.486 e. The molecular formula is C14H12BrF2NO2. The summed E-state index contributed by atoms with van der Waals surface area (Å²) in [4.78, 5) is 14.8. The van der Waals surface area contributed by atoms with E-state index in [9.17, 15) is 13.6 Å². The van der Waals surface area contributed by atoms with E-state index in [-0.39, 0.29) is 5.78 Å². The normalized spacial score (nSPS) is 11.1. The lowest BCUT2D eigenvalue weighted by Crippen LogP contribution is -2.07. The van der Waals surface area contributed by atoms with Gasteiger partial charge in [-0.15, -0.1) is 0 Å².